The second kappa shape index (κ2) is 17.7. The molecule has 306 valence electrons. The minimum absolute atomic E-state index is 0.00731. The summed E-state index contributed by atoms with van der Waals surface area (Å²) in [5.41, 5.74) is 10.7. The zero-order valence-corrected chi connectivity index (χ0v) is 35.4. The smallest absolute Gasteiger partial charge is 0.0645 e. The van der Waals surface area contributed by atoms with Gasteiger partial charge in [-0.3, -0.25) is 0 Å². The first-order valence-electron chi connectivity index (χ1n) is 25.3. The van der Waals surface area contributed by atoms with Crippen LogP contribution in [0.25, 0.3) is 88.7 Å². The summed E-state index contributed by atoms with van der Waals surface area (Å²) in [6.45, 7) is 0. The molecule has 0 saturated carbocycles. The van der Waals surface area contributed by atoms with Crippen LogP contribution in [0.5, 0.6) is 0 Å². The van der Waals surface area contributed by atoms with Crippen LogP contribution in [0.4, 0.5) is 17.1 Å². The van der Waals surface area contributed by atoms with E-state index >= 15 is 0 Å². The first kappa shape index (κ1) is 32.2. The summed E-state index contributed by atoms with van der Waals surface area (Å²) in [6.07, 6.45) is 0. The fraction of sp³-hybridized carbons (Fsp3) is 0. The van der Waals surface area contributed by atoms with Crippen LogP contribution in [0.15, 0.2) is 273 Å². The second-order valence-electron chi connectivity index (χ2n) is 15.9. The van der Waals surface area contributed by atoms with Gasteiger partial charge in [0.25, 0.3) is 0 Å². The Bertz CT molecular complexity index is 3760. The average Bonchev–Trinajstić information content (AvgIpc) is 3.44. The third-order valence-corrected chi connectivity index (χ3v) is 11.9. The van der Waals surface area contributed by atoms with E-state index in [9.17, 15) is 9.60 Å². The lowest BCUT2D eigenvalue weighted by atomic mass is 9.89. The molecule has 0 aromatic heterocycles. The van der Waals surface area contributed by atoms with E-state index in [4.69, 9.17) is 0 Å². The number of fused-ring (bicyclic) bond motifs is 1. The van der Waals surface area contributed by atoms with Crippen LogP contribution in [-0.2, 0) is 0 Å². The Morgan fingerprint density at radius 1 is 0.277 bits per heavy atom. The Morgan fingerprint density at radius 2 is 0.738 bits per heavy atom. The van der Waals surface area contributed by atoms with Crippen LogP contribution in [0.3, 0.4) is 0 Å². The molecule has 0 atom stereocenters. The van der Waals surface area contributed by atoms with E-state index in [1.807, 2.05) is 188 Å². The first-order valence-corrected chi connectivity index (χ1v) is 21.8. The SMILES string of the molecule is [2H]c1c([2H])c(N(c2ccc(-c3ccc(-c4ccccc4)c(-c4ccccc4)c3)cc2)c2c([2H])c([2H])c(-c3c(-c4ccccc4)ccc4ccccc34)c([2H])c2[2H])c(-c2ccccc2)c([2H])c1-c1ccccc1. The molecule has 0 heterocycles. The Morgan fingerprint density at radius 3 is 1.35 bits per heavy atom. The zero-order chi connectivity index (χ0) is 49.5. The summed E-state index contributed by atoms with van der Waals surface area (Å²) < 4.78 is 69.6. The summed E-state index contributed by atoms with van der Waals surface area (Å²) in [6, 6.07) is 72.9. The van der Waals surface area contributed by atoms with E-state index in [0.29, 0.717) is 27.9 Å². The van der Waals surface area contributed by atoms with Crippen LogP contribution in [0, 0.1) is 0 Å². The molecule has 0 spiro atoms. The van der Waals surface area contributed by atoms with Gasteiger partial charge in [0.2, 0.25) is 0 Å². The highest BCUT2D eigenvalue weighted by Crippen LogP contribution is 2.45. The van der Waals surface area contributed by atoms with Crippen LogP contribution in [0.2, 0.25) is 0 Å². The molecule has 0 radical (unpaired) electrons. The molecule has 65 heavy (non-hydrogen) atoms. The van der Waals surface area contributed by atoms with Crippen molar-refractivity contribution in [2.24, 2.45) is 0 Å². The highest BCUT2D eigenvalue weighted by Gasteiger charge is 2.20. The maximum atomic E-state index is 10.1. The van der Waals surface area contributed by atoms with Crippen molar-refractivity contribution < 1.29 is 9.60 Å². The van der Waals surface area contributed by atoms with Crippen molar-refractivity contribution in [3.05, 3.63) is 273 Å². The third kappa shape index (κ3) is 7.93. The predicted octanol–water partition coefficient (Wildman–Crippen LogP) is 18.0. The summed E-state index contributed by atoms with van der Waals surface area (Å²) in [5.74, 6) is 0. The molecule has 0 aliphatic heterocycles. The van der Waals surface area contributed by atoms with Gasteiger partial charge in [-0.05, 0) is 125 Å². The molecular formula is C64H45N. The van der Waals surface area contributed by atoms with Crippen molar-refractivity contribution in [1.29, 1.82) is 0 Å². The predicted molar refractivity (Wildman–Crippen MR) is 277 cm³/mol. The van der Waals surface area contributed by atoms with Gasteiger partial charge in [0.15, 0.2) is 0 Å². The molecule has 0 unspecified atom stereocenters. The van der Waals surface area contributed by atoms with Crippen LogP contribution in [0.1, 0.15) is 9.60 Å². The highest BCUT2D eigenvalue weighted by atomic mass is 15.1. The molecule has 0 N–H and O–H groups in total. The fourth-order valence-electron chi connectivity index (χ4n) is 8.69. The molecule has 0 fully saturated rings. The van der Waals surface area contributed by atoms with Gasteiger partial charge in [-0.2, -0.15) is 0 Å². The molecular weight excluding hydrogens is 783 g/mol. The van der Waals surface area contributed by atoms with Gasteiger partial charge in [-0.15, -0.1) is 0 Å². The normalized spacial score (nSPS) is 12.6. The van der Waals surface area contributed by atoms with E-state index in [1.54, 1.807) is 4.90 Å². The average molecular weight is 835 g/mol. The summed E-state index contributed by atoms with van der Waals surface area (Å²) >= 11 is 0. The Labute approximate surface area is 391 Å². The van der Waals surface area contributed by atoms with E-state index in [0.717, 1.165) is 55.3 Å². The standard InChI is InChI=1S/C64H45N/c1-6-18-46(19-7-1)55-36-43-63(62(45-55)51-26-14-5-15-27-51)65(57-39-32-53(33-40-57)64-59-29-17-16-28-52(59)34-42-60(64)49-22-10-3-11-23-49)56-37-30-47(31-38-56)54-35-41-58(48-20-8-2-9-21-48)61(44-54)50-24-12-4-13-25-50/h1-45H/i32D,33D,36D,39D,40D,43D,45D. The molecule has 11 rings (SSSR count). The maximum Gasteiger partial charge on any atom is 0.0645 e. The molecule has 1 heteroatoms. The van der Waals surface area contributed by atoms with Crippen LogP contribution >= 0.6 is 0 Å². The molecule has 0 bridgehead atoms. The molecule has 0 amide bonds. The van der Waals surface area contributed by atoms with E-state index in [2.05, 4.69) is 42.5 Å². The Balaban J connectivity index is 1.17. The number of hydrogen-bond acceptors (Lipinski definition) is 1. The highest BCUT2D eigenvalue weighted by molar-refractivity contribution is 6.04. The van der Waals surface area contributed by atoms with E-state index in [1.165, 1.54) is 0 Å². The lowest BCUT2D eigenvalue weighted by Gasteiger charge is -2.29. The first-order chi connectivity index (χ1) is 35.2. The van der Waals surface area contributed by atoms with Crippen molar-refractivity contribution in [3.63, 3.8) is 0 Å². The molecule has 0 aliphatic carbocycles. The minimum Gasteiger partial charge on any atom is -0.310 e. The van der Waals surface area contributed by atoms with Crippen molar-refractivity contribution >= 4 is 27.8 Å². The van der Waals surface area contributed by atoms with Crippen molar-refractivity contribution in [2.45, 2.75) is 0 Å². The van der Waals surface area contributed by atoms with Gasteiger partial charge in [-0.1, -0.05) is 230 Å². The topological polar surface area (TPSA) is 3.24 Å². The summed E-state index contributed by atoms with van der Waals surface area (Å²) in [5, 5.41) is 1.66. The van der Waals surface area contributed by atoms with Gasteiger partial charge in [0.05, 0.1) is 15.3 Å². The molecule has 1 nitrogen and oxygen atoms in total. The lowest BCUT2D eigenvalue weighted by molar-refractivity contribution is 1.28. The fourth-order valence-corrected chi connectivity index (χ4v) is 8.69. The van der Waals surface area contributed by atoms with Crippen molar-refractivity contribution in [3.8, 4) is 77.9 Å². The number of hydrogen-bond donors (Lipinski definition) is 0. The lowest BCUT2D eigenvalue weighted by Crippen LogP contribution is -2.11. The van der Waals surface area contributed by atoms with E-state index in [-0.39, 0.29) is 64.8 Å². The summed E-state index contributed by atoms with van der Waals surface area (Å²) in [4.78, 5) is 1.57. The van der Waals surface area contributed by atoms with E-state index < -0.39 is 0 Å². The summed E-state index contributed by atoms with van der Waals surface area (Å²) in [7, 11) is 0. The number of rotatable bonds is 10. The number of anilines is 3. The van der Waals surface area contributed by atoms with Gasteiger partial charge in [0.1, 0.15) is 0 Å². The molecule has 11 aromatic rings. The van der Waals surface area contributed by atoms with Gasteiger partial charge >= 0.3 is 0 Å². The van der Waals surface area contributed by atoms with Crippen LogP contribution in [-0.4, -0.2) is 0 Å². The minimum atomic E-state index is -0.338. The second-order valence-corrected chi connectivity index (χ2v) is 15.9. The molecule has 0 aliphatic rings. The number of benzene rings is 11. The van der Waals surface area contributed by atoms with Gasteiger partial charge in [-0.25, -0.2) is 0 Å². The largest absolute Gasteiger partial charge is 0.310 e. The third-order valence-electron chi connectivity index (χ3n) is 11.9. The quantitative estimate of drug-likeness (QED) is 0.133. The maximum absolute atomic E-state index is 10.1. The Hall–Kier alpha value is -8.52. The zero-order valence-electron chi connectivity index (χ0n) is 42.4. The monoisotopic (exact) mass is 834 g/mol. The molecule has 11 aromatic carbocycles. The number of nitrogens with zero attached hydrogens (tertiary/aromatic N) is 1. The Kier molecular flexibility index (Phi) is 8.76. The van der Waals surface area contributed by atoms with Gasteiger partial charge < -0.3 is 4.90 Å². The van der Waals surface area contributed by atoms with Crippen molar-refractivity contribution in [1.82, 2.24) is 0 Å². The van der Waals surface area contributed by atoms with Crippen molar-refractivity contribution in [2.75, 3.05) is 4.90 Å². The van der Waals surface area contributed by atoms with Gasteiger partial charge in [0, 0.05) is 16.9 Å². The molecule has 0 saturated heterocycles. The van der Waals surface area contributed by atoms with Crippen LogP contribution < -0.4 is 4.90 Å².